The Morgan fingerprint density at radius 1 is 1.67 bits per heavy atom. The van der Waals surface area contributed by atoms with Crippen molar-refractivity contribution in [3.63, 3.8) is 0 Å². The summed E-state index contributed by atoms with van der Waals surface area (Å²) in [5.74, 6) is 0.0887. The molecule has 1 fully saturated rings. The first-order chi connectivity index (χ1) is 5.63. The Morgan fingerprint density at radius 2 is 2.33 bits per heavy atom. The molecule has 0 aliphatic carbocycles. The predicted octanol–water partition coefficient (Wildman–Crippen LogP) is -0.846. The lowest BCUT2D eigenvalue weighted by Gasteiger charge is -2.15. The van der Waals surface area contributed by atoms with Gasteiger partial charge in [0.05, 0.1) is 6.04 Å². The number of amides is 1. The molecule has 4 nitrogen and oxygen atoms in total. The molecule has 0 aromatic rings. The summed E-state index contributed by atoms with van der Waals surface area (Å²) in [5, 5.41) is 2.90. The summed E-state index contributed by atoms with van der Waals surface area (Å²) < 4.78 is 0. The smallest absolute Gasteiger partial charge is 0.220 e. The molecule has 1 amide bonds. The van der Waals surface area contributed by atoms with E-state index in [1.54, 1.807) is 0 Å². The van der Waals surface area contributed by atoms with E-state index in [1.807, 2.05) is 14.0 Å². The lowest BCUT2D eigenvalue weighted by molar-refractivity contribution is -0.121. The van der Waals surface area contributed by atoms with Gasteiger partial charge in [0.1, 0.15) is 0 Å². The Hall–Kier alpha value is -0.610. The van der Waals surface area contributed by atoms with Crippen LogP contribution in [0.1, 0.15) is 13.3 Å². The lowest BCUT2D eigenvalue weighted by Crippen LogP contribution is -2.46. The van der Waals surface area contributed by atoms with Crippen molar-refractivity contribution in [3.8, 4) is 0 Å². The molecule has 0 aromatic carbocycles. The second-order valence-electron chi connectivity index (χ2n) is 3.41. The topological polar surface area (TPSA) is 58.4 Å². The van der Waals surface area contributed by atoms with Crippen LogP contribution in [0.5, 0.6) is 0 Å². The molecule has 3 N–H and O–H groups in total. The number of hydrogen-bond acceptors (Lipinski definition) is 3. The molecular weight excluding hydrogens is 154 g/mol. The van der Waals surface area contributed by atoms with E-state index in [9.17, 15) is 4.79 Å². The number of rotatable bonds is 2. The van der Waals surface area contributed by atoms with Crippen LogP contribution in [0.3, 0.4) is 0 Å². The van der Waals surface area contributed by atoms with Gasteiger partial charge in [-0.3, -0.25) is 4.79 Å². The van der Waals surface area contributed by atoms with Gasteiger partial charge >= 0.3 is 0 Å². The van der Waals surface area contributed by atoms with Gasteiger partial charge in [-0.25, -0.2) is 0 Å². The summed E-state index contributed by atoms with van der Waals surface area (Å²) >= 11 is 0. The van der Waals surface area contributed by atoms with E-state index in [-0.39, 0.29) is 18.0 Å². The van der Waals surface area contributed by atoms with Crippen LogP contribution in [0.25, 0.3) is 0 Å². The van der Waals surface area contributed by atoms with E-state index >= 15 is 0 Å². The number of nitrogens with one attached hydrogen (secondary N) is 1. The van der Waals surface area contributed by atoms with Crippen LogP contribution in [0.2, 0.25) is 0 Å². The van der Waals surface area contributed by atoms with Gasteiger partial charge < -0.3 is 16.0 Å². The molecule has 2 unspecified atom stereocenters. The van der Waals surface area contributed by atoms with Gasteiger partial charge in [-0.2, -0.15) is 0 Å². The van der Waals surface area contributed by atoms with Crippen molar-refractivity contribution in [2.45, 2.75) is 25.4 Å². The van der Waals surface area contributed by atoms with Crippen LogP contribution >= 0.6 is 0 Å². The molecular formula is C8H17N3O. The average molecular weight is 171 g/mol. The lowest BCUT2D eigenvalue weighted by atomic mass is 10.2. The summed E-state index contributed by atoms with van der Waals surface area (Å²) in [6.45, 7) is 3.58. The molecule has 70 valence electrons. The highest BCUT2D eigenvalue weighted by Crippen LogP contribution is 2.05. The number of nitrogens with two attached hydrogens (primary N) is 1. The van der Waals surface area contributed by atoms with E-state index in [1.165, 1.54) is 0 Å². The molecule has 1 rings (SSSR count). The van der Waals surface area contributed by atoms with Gasteiger partial charge in [-0.05, 0) is 7.05 Å². The summed E-state index contributed by atoms with van der Waals surface area (Å²) in [4.78, 5) is 13.2. The quantitative estimate of drug-likeness (QED) is 0.569. The zero-order valence-electron chi connectivity index (χ0n) is 7.71. The van der Waals surface area contributed by atoms with E-state index < -0.39 is 0 Å². The molecule has 0 spiro atoms. The van der Waals surface area contributed by atoms with Gasteiger partial charge in [0.2, 0.25) is 5.91 Å². The van der Waals surface area contributed by atoms with Crippen molar-refractivity contribution in [1.82, 2.24) is 10.2 Å². The van der Waals surface area contributed by atoms with Crippen LogP contribution in [0, 0.1) is 0 Å². The fraction of sp³-hybridized carbons (Fsp3) is 0.875. The SMILES string of the molecule is CCC(=O)NC1CN(C)CC1N. The highest BCUT2D eigenvalue weighted by atomic mass is 16.1. The first kappa shape index (κ1) is 9.48. The van der Waals surface area contributed by atoms with Crippen molar-refractivity contribution < 1.29 is 4.79 Å². The standard InChI is InChI=1S/C8H17N3O/c1-3-8(12)10-7-5-11(2)4-6(7)9/h6-7H,3-5,9H2,1-2H3,(H,10,12). The molecule has 1 aliphatic heterocycles. The normalized spacial score (nSPS) is 30.6. The van der Waals surface area contributed by atoms with Gasteiger partial charge in [0.15, 0.2) is 0 Å². The predicted molar refractivity (Wildman–Crippen MR) is 47.7 cm³/mol. The molecule has 4 heteroatoms. The third-order valence-electron chi connectivity index (χ3n) is 2.22. The van der Waals surface area contributed by atoms with E-state index in [0.29, 0.717) is 6.42 Å². The molecule has 0 bridgehead atoms. The number of carbonyl (C=O) groups excluding carboxylic acids is 1. The van der Waals surface area contributed by atoms with Crippen LogP contribution in [0.15, 0.2) is 0 Å². The van der Waals surface area contributed by atoms with Crippen molar-refractivity contribution in [2.75, 3.05) is 20.1 Å². The fourth-order valence-corrected chi connectivity index (χ4v) is 1.49. The van der Waals surface area contributed by atoms with Crippen molar-refractivity contribution >= 4 is 5.91 Å². The largest absolute Gasteiger partial charge is 0.350 e. The Balaban J connectivity index is 2.37. The Bertz CT molecular complexity index is 172. The molecule has 1 aliphatic rings. The molecule has 2 atom stereocenters. The van der Waals surface area contributed by atoms with Crippen LogP contribution < -0.4 is 11.1 Å². The average Bonchev–Trinajstić information content (AvgIpc) is 2.30. The molecule has 0 saturated carbocycles. The zero-order valence-corrected chi connectivity index (χ0v) is 7.71. The molecule has 0 aromatic heterocycles. The van der Waals surface area contributed by atoms with Crippen molar-refractivity contribution in [1.29, 1.82) is 0 Å². The highest BCUT2D eigenvalue weighted by molar-refractivity contribution is 5.76. The number of nitrogens with zero attached hydrogens (tertiary/aromatic N) is 1. The summed E-state index contributed by atoms with van der Waals surface area (Å²) in [6, 6.07) is 0.230. The van der Waals surface area contributed by atoms with Crippen molar-refractivity contribution in [3.05, 3.63) is 0 Å². The minimum absolute atomic E-state index is 0.0884. The molecule has 1 saturated heterocycles. The fourth-order valence-electron chi connectivity index (χ4n) is 1.49. The number of carbonyl (C=O) groups is 1. The third-order valence-corrected chi connectivity index (χ3v) is 2.22. The monoisotopic (exact) mass is 171 g/mol. The number of hydrogen-bond donors (Lipinski definition) is 2. The van der Waals surface area contributed by atoms with Gasteiger partial charge in [0, 0.05) is 25.6 Å². The van der Waals surface area contributed by atoms with Crippen molar-refractivity contribution in [2.24, 2.45) is 5.73 Å². The summed E-state index contributed by atoms with van der Waals surface area (Å²) in [7, 11) is 2.01. The Labute approximate surface area is 73.1 Å². The third kappa shape index (κ3) is 2.19. The Morgan fingerprint density at radius 3 is 2.75 bits per heavy atom. The maximum Gasteiger partial charge on any atom is 0.220 e. The van der Waals surface area contributed by atoms with E-state index in [4.69, 9.17) is 5.73 Å². The highest BCUT2D eigenvalue weighted by Gasteiger charge is 2.28. The second kappa shape index (κ2) is 3.87. The van der Waals surface area contributed by atoms with E-state index in [0.717, 1.165) is 13.1 Å². The zero-order chi connectivity index (χ0) is 9.14. The van der Waals surface area contributed by atoms with Gasteiger partial charge in [-0.1, -0.05) is 6.92 Å². The maximum atomic E-state index is 11.0. The molecule has 0 radical (unpaired) electrons. The number of likely N-dealkylation sites (N-methyl/N-ethyl adjacent to an activating group) is 1. The van der Waals surface area contributed by atoms with Crippen LogP contribution in [-0.2, 0) is 4.79 Å². The minimum Gasteiger partial charge on any atom is -0.350 e. The molecule has 12 heavy (non-hydrogen) atoms. The molecule has 1 heterocycles. The first-order valence-electron chi connectivity index (χ1n) is 4.37. The summed E-state index contributed by atoms with van der Waals surface area (Å²) in [5.41, 5.74) is 5.82. The number of likely N-dealkylation sites (tertiary alicyclic amines) is 1. The van der Waals surface area contributed by atoms with Gasteiger partial charge in [0.25, 0.3) is 0 Å². The summed E-state index contributed by atoms with van der Waals surface area (Å²) in [6.07, 6.45) is 0.535. The first-order valence-corrected chi connectivity index (χ1v) is 4.37. The maximum absolute atomic E-state index is 11.0. The second-order valence-corrected chi connectivity index (χ2v) is 3.41. The minimum atomic E-state index is 0.0884. The van der Waals surface area contributed by atoms with Crippen LogP contribution in [-0.4, -0.2) is 43.0 Å². The van der Waals surface area contributed by atoms with Crippen LogP contribution in [0.4, 0.5) is 0 Å². The van der Waals surface area contributed by atoms with E-state index in [2.05, 4.69) is 10.2 Å². The van der Waals surface area contributed by atoms with Gasteiger partial charge in [-0.15, -0.1) is 0 Å². The Kier molecular flexibility index (Phi) is 3.05.